The predicted molar refractivity (Wildman–Crippen MR) is 112 cm³/mol. The molecule has 1 aliphatic heterocycles. The Bertz CT molecular complexity index is 882. The number of rotatable bonds is 6. The van der Waals surface area contributed by atoms with Crippen LogP contribution >= 0.6 is 11.6 Å². The number of aliphatic imine (C=N–C) groups is 1. The zero-order chi connectivity index (χ0) is 20.3. The lowest BCUT2D eigenvalue weighted by atomic mass is 10.1. The second kappa shape index (κ2) is 8.20. The molecule has 6 nitrogen and oxygen atoms in total. The van der Waals surface area contributed by atoms with Crippen molar-refractivity contribution in [2.75, 3.05) is 26.0 Å². The molecule has 0 aromatic heterocycles. The number of nitrogens with one attached hydrogen (secondary N) is 1. The van der Waals surface area contributed by atoms with E-state index in [1.165, 1.54) is 0 Å². The van der Waals surface area contributed by atoms with Crippen LogP contribution in [-0.4, -0.2) is 43.7 Å². The van der Waals surface area contributed by atoms with Crippen LogP contribution in [0, 0.1) is 0 Å². The number of amides is 1. The quantitative estimate of drug-likeness (QED) is 0.806. The van der Waals surface area contributed by atoms with Gasteiger partial charge in [-0.15, -0.1) is 0 Å². The topological polar surface area (TPSA) is 57.2 Å². The van der Waals surface area contributed by atoms with Gasteiger partial charge < -0.3 is 10.2 Å². The lowest BCUT2D eigenvalue weighted by Gasteiger charge is -2.21. The fourth-order valence-electron chi connectivity index (χ4n) is 3.07. The number of carbonyl (C=O) groups excluding carboxylic acids is 1. The molecule has 148 valence electrons. The smallest absolute Gasteiger partial charge is 0.225 e. The van der Waals surface area contributed by atoms with Crippen LogP contribution in [0.15, 0.2) is 53.5 Å². The SMILES string of the molecule is CN1OC(C)(CC(=O)NCc2ccc(N(C)C)cc2)N=C1c1cccc(Cl)c1. The number of hydrogen-bond acceptors (Lipinski definition) is 5. The number of anilines is 1. The maximum absolute atomic E-state index is 12.4. The maximum atomic E-state index is 12.4. The fourth-order valence-corrected chi connectivity index (χ4v) is 3.26. The highest BCUT2D eigenvalue weighted by Crippen LogP contribution is 2.28. The molecule has 1 amide bonds. The molecule has 1 heterocycles. The van der Waals surface area contributed by atoms with E-state index in [-0.39, 0.29) is 12.3 Å². The first-order chi connectivity index (χ1) is 13.3. The molecule has 2 aromatic rings. The first-order valence-electron chi connectivity index (χ1n) is 9.07. The number of hydroxylamine groups is 2. The zero-order valence-electron chi connectivity index (χ0n) is 16.6. The van der Waals surface area contributed by atoms with E-state index in [0.717, 1.165) is 16.8 Å². The molecular weight excluding hydrogens is 376 g/mol. The number of carbonyl (C=O) groups is 1. The minimum Gasteiger partial charge on any atom is -0.378 e. The van der Waals surface area contributed by atoms with Crippen molar-refractivity contribution in [2.24, 2.45) is 4.99 Å². The highest BCUT2D eigenvalue weighted by atomic mass is 35.5. The van der Waals surface area contributed by atoms with E-state index in [2.05, 4.69) is 10.3 Å². The third-order valence-electron chi connectivity index (χ3n) is 4.49. The van der Waals surface area contributed by atoms with Crippen molar-refractivity contribution in [1.82, 2.24) is 10.4 Å². The molecule has 0 spiro atoms. The molecule has 0 fully saturated rings. The highest BCUT2D eigenvalue weighted by molar-refractivity contribution is 6.31. The summed E-state index contributed by atoms with van der Waals surface area (Å²) < 4.78 is 0. The monoisotopic (exact) mass is 400 g/mol. The van der Waals surface area contributed by atoms with Crippen molar-refractivity contribution in [3.8, 4) is 0 Å². The number of hydrogen-bond donors (Lipinski definition) is 1. The van der Waals surface area contributed by atoms with Gasteiger partial charge in [-0.3, -0.25) is 4.79 Å². The van der Waals surface area contributed by atoms with E-state index in [1.54, 1.807) is 25.1 Å². The summed E-state index contributed by atoms with van der Waals surface area (Å²) in [7, 11) is 5.76. The van der Waals surface area contributed by atoms with E-state index < -0.39 is 5.72 Å². The van der Waals surface area contributed by atoms with Crippen LogP contribution < -0.4 is 10.2 Å². The Balaban J connectivity index is 1.61. The van der Waals surface area contributed by atoms with Gasteiger partial charge in [0, 0.05) is 44.0 Å². The zero-order valence-corrected chi connectivity index (χ0v) is 17.3. The summed E-state index contributed by atoms with van der Waals surface area (Å²) in [4.78, 5) is 25.0. The Morgan fingerprint density at radius 3 is 2.61 bits per heavy atom. The number of benzene rings is 2. The van der Waals surface area contributed by atoms with Crippen molar-refractivity contribution >= 4 is 29.0 Å². The third kappa shape index (κ3) is 4.82. The number of amidine groups is 1. The molecule has 0 aliphatic carbocycles. The van der Waals surface area contributed by atoms with Gasteiger partial charge >= 0.3 is 0 Å². The van der Waals surface area contributed by atoms with Crippen molar-refractivity contribution < 1.29 is 9.63 Å². The van der Waals surface area contributed by atoms with E-state index in [1.807, 2.05) is 61.5 Å². The summed E-state index contributed by atoms with van der Waals surface area (Å²) in [6.07, 6.45) is 0.122. The lowest BCUT2D eigenvalue weighted by Crippen LogP contribution is -2.35. The van der Waals surface area contributed by atoms with E-state index in [0.29, 0.717) is 17.4 Å². The predicted octanol–water partition coefficient (Wildman–Crippen LogP) is 3.45. The van der Waals surface area contributed by atoms with Gasteiger partial charge in [-0.2, -0.15) is 0 Å². The molecule has 3 rings (SSSR count). The van der Waals surface area contributed by atoms with Gasteiger partial charge in [0.15, 0.2) is 11.6 Å². The average Bonchev–Trinajstić information content (AvgIpc) is 2.94. The minimum atomic E-state index is -0.953. The van der Waals surface area contributed by atoms with E-state index >= 15 is 0 Å². The van der Waals surface area contributed by atoms with Crippen LogP contribution in [0.5, 0.6) is 0 Å². The summed E-state index contributed by atoms with van der Waals surface area (Å²) in [5.41, 5.74) is 2.05. The van der Waals surface area contributed by atoms with Crippen molar-refractivity contribution in [3.63, 3.8) is 0 Å². The molecule has 28 heavy (non-hydrogen) atoms. The van der Waals surface area contributed by atoms with Crippen LogP contribution in [-0.2, 0) is 16.2 Å². The van der Waals surface area contributed by atoms with Gasteiger partial charge in [-0.25, -0.2) is 14.9 Å². The van der Waals surface area contributed by atoms with Crippen LogP contribution in [0.4, 0.5) is 5.69 Å². The summed E-state index contributed by atoms with van der Waals surface area (Å²) in [6, 6.07) is 15.5. The van der Waals surface area contributed by atoms with E-state index in [9.17, 15) is 4.79 Å². The summed E-state index contributed by atoms with van der Waals surface area (Å²) in [5.74, 6) is 0.528. The van der Waals surface area contributed by atoms with Crippen LogP contribution in [0.2, 0.25) is 5.02 Å². The van der Waals surface area contributed by atoms with Gasteiger partial charge in [0.05, 0.1) is 6.42 Å². The molecule has 1 aliphatic rings. The average molecular weight is 401 g/mol. The highest BCUT2D eigenvalue weighted by Gasteiger charge is 2.37. The van der Waals surface area contributed by atoms with Crippen molar-refractivity contribution in [3.05, 3.63) is 64.7 Å². The normalized spacial score (nSPS) is 18.8. The molecule has 0 bridgehead atoms. The van der Waals surface area contributed by atoms with Gasteiger partial charge in [-0.05, 0) is 36.8 Å². The van der Waals surface area contributed by atoms with Crippen LogP contribution in [0.25, 0.3) is 0 Å². The van der Waals surface area contributed by atoms with Crippen molar-refractivity contribution in [1.29, 1.82) is 0 Å². The molecule has 1 atom stereocenters. The second-order valence-electron chi connectivity index (χ2n) is 7.22. The Morgan fingerprint density at radius 2 is 1.96 bits per heavy atom. The maximum Gasteiger partial charge on any atom is 0.225 e. The molecule has 1 unspecified atom stereocenters. The number of halogens is 1. The Kier molecular flexibility index (Phi) is 5.91. The summed E-state index contributed by atoms with van der Waals surface area (Å²) in [5, 5.41) is 5.14. The van der Waals surface area contributed by atoms with Gasteiger partial charge in [0.25, 0.3) is 0 Å². The molecule has 0 saturated heterocycles. The largest absolute Gasteiger partial charge is 0.378 e. The Labute approximate surface area is 170 Å². The number of nitrogens with zero attached hydrogens (tertiary/aromatic N) is 3. The molecular formula is C21H25ClN4O2. The van der Waals surface area contributed by atoms with Gasteiger partial charge in [0.1, 0.15) is 0 Å². The molecule has 7 heteroatoms. The third-order valence-corrected chi connectivity index (χ3v) is 4.72. The summed E-state index contributed by atoms with van der Waals surface area (Å²) in [6.45, 7) is 2.26. The standard InChI is InChI=1S/C21H25ClN4O2/c1-21(24-20(26(4)28-21)16-6-5-7-17(22)12-16)13-19(27)23-14-15-8-10-18(11-9-15)25(2)3/h5-12H,13-14H2,1-4H3,(H,23,27). The first kappa shape index (κ1) is 20.2. The fraction of sp³-hybridized carbons (Fsp3) is 0.333. The molecule has 0 saturated carbocycles. The second-order valence-corrected chi connectivity index (χ2v) is 7.66. The summed E-state index contributed by atoms with van der Waals surface area (Å²) >= 11 is 6.07. The molecule has 1 N–H and O–H groups in total. The molecule has 2 aromatic carbocycles. The van der Waals surface area contributed by atoms with Gasteiger partial charge in [-0.1, -0.05) is 35.9 Å². The van der Waals surface area contributed by atoms with Crippen LogP contribution in [0.1, 0.15) is 24.5 Å². The van der Waals surface area contributed by atoms with E-state index in [4.69, 9.17) is 16.4 Å². The Morgan fingerprint density at radius 1 is 1.25 bits per heavy atom. The van der Waals surface area contributed by atoms with Gasteiger partial charge in [0.2, 0.25) is 5.91 Å². The minimum absolute atomic E-state index is 0.122. The van der Waals surface area contributed by atoms with Crippen molar-refractivity contribution in [2.45, 2.75) is 25.6 Å². The van der Waals surface area contributed by atoms with Crippen LogP contribution in [0.3, 0.4) is 0 Å². The first-order valence-corrected chi connectivity index (χ1v) is 9.45. The lowest BCUT2D eigenvalue weighted by molar-refractivity contribution is -0.166. The molecule has 0 radical (unpaired) electrons. The Hall–Kier alpha value is -2.57.